The Morgan fingerprint density at radius 2 is 2.25 bits per heavy atom. The van der Waals surface area contributed by atoms with Crippen LogP contribution in [0.25, 0.3) is 0 Å². The SMILES string of the molecule is CNCC1=CCN(C(=O)OC(C)(C)C)CC1. The molecule has 16 heavy (non-hydrogen) atoms. The van der Waals surface area contributed by atoms with Crippen molar-refractivity contribution in [2.75, 3.05) is 26.7 Å². The summed E-state index contributed by atoms with van der Waals surface area (Å²) < 4.78 is 5.31. The van der Waals surface area contributed by atoms with Crippen LogP contribution >= 0.6 is 0 Å². The van der Waals surface area contributed by atoms with Gasteiger partial charge in [0.2, 0.25) is 0 Å². The Labute approximate surface area is 97.6 Å². The molecule has 1 amide bonds. The van der Waals surface area contributed by atoms with E-state index in [0.717, 1.165) is 19.5 Å². The van der Waals surface area contributed by atoms with Crippen molar-refractivity contribution >= 4 is 6.09 Å². The Kier molecular flexibility index (Phi) is 4.35. The van der Waals surface area contributed by atoms with Crippen molar-refractivity contribution in [1.82, 2.24) is 10.2 Å². The molecule has 1 aliphatic heterocycles. The molecule has 0 unspecified atom stereocenters. The minimum Gasteiger partial charge on any atom is -0.444 e. The summed E-state index contributed by atoms with van der Waals surface area (Å²) in [4.78, 5) is 13.5. The van der Waals surface area contributed by atoms with Gasteiger partial charge in [0, 0.05) is 19.6 Å². The zero-order valence-corrected chi connectivity index (χ0v) is 10.7. The first kappa shape index (κ1) is 13.0. The minimum atomic E-state index is -0.411. The van der Waals surface area contributed by atoms with Gasteiger partial charge in [-0.05, 0) is 34.2 Å². The number of nitrogens with zero attached hydrogens (tertiary/aromatic N) is 1. The van der Waals surface area contributed by atoms with Crippen LogP contribution in [0.3, 0.4) is 0 Å². The van der Waals surface area contributed by atoms with Crippen molar-refractivity contribution in [3.8, 4) is 0 Å². The van der Waals surface area contributed by atoms with Gasteiger partial charge in [-0.15, -0.1) is 0 Å². The molecule has 0 aromatic rings. The third-order valence-corrected chi connectivity index (χ3v) is 2.36. The second-order valence-corrected chi connectivity index (χ2v) is 5.07. The standard InChI is InChI=1S/C12H22N2O2/c1-12(2,3)16-11(15)14-7-5-10(6-8-14)9-13-4/h5,13H,6-9H2,1-4H3. The number of hydrogen-bond donors (Lipinski definition) is 1. The third-order valence-electron chi connectivity index (χ3n) is 2.36. The van der Waals surface area contributed by atoms with Crippen LogP contribution in [0.4, 0.5) is 4.79 Å². The van der Waals surface area contributed by atoms with E-state index in [1.54, 1.807) is 4.90 Å². The van der Waals surface area contributed by atoms with Gasteiger partial charge >= 0.3 is 6.09 Å². The molecule has 4 nitrogen and oxygen atoms in total. The van der Waals surface area contributed by atoms with Gasteiger partial charge in [-0.2, -0.15) is 0 Å². The number of ether oxygens (including phenoxy) is 1. The molecule has 0 bridgehead atoms. The molecule has 0 aromatic carbocycles. The summed E-state index contributed by atoms with van der Waals surface area (Å²) in [5.41, 5.74) is 0.953. The fraction of sp³-hybridized carbons (Fsp3) is 0.750. The van der Waals surface area contributed by atoms with Crippen LogP contribution in [0.5, 0.6) is 0 Å². The number of amides is 1. The predicted octanol–water partition coefficient (Wildman–Crippen LogP) is 1.77. The smallest absolute Gasteiger partial charge is 0.410 e. The normalized spacial score (nSPS) is 17.0. The molecule has 0 fully saturated rings. The molecule has 1 aliphatic rings. The second-order valence-electron chi connectivity index (χ2n) is 5.07. The Bertz CT molecular complexity index is 279. The maximum atomic E-state index is 11.7. The van der Waals surface area contributed by atoms with Gasteiger partial charge in [0.25, 0.3) is 0 Å². The van der Waals surface area contributed by atoms with Gasteiger partial charge in [-0.1, -0.05) is 11.6 Å². The lowest BCUT2D eigenvalue weighted by atomic mass is 10.1. The maximum Gasteiger partial charge on any atom is 0.410 e. The first-order chi connectivity index (χ1) is 7.42. The summed E-state index contributed by atoms with van der Waals surface area (Å²) in [6, 6.07) is 0. The van der Waals surface area contributed by atoms with Gasteiger partial charge in [-0.3, -0.25) is 0 Å². The second kappa shape index (κ2) is 5.34. The number of likely N-dealkylation sites (N-methyl/N-ethyl adjacent to an activating group) is 1. The van der Waals surface area contributed by atoms with Crippen LogP contribution in [0.15, 0.2) is 11.6 Å². The summed E-state index contributed by atoms with van der Waals surface area (Å²) >= 11 is 0. The molecule has 0 saturated heterocycles. The highest BCUT2D eigenvalue weighted by Crippen LogP contribution is 2.14. The highest BCUT2D eigenvalue weighted by atomic mass is 16.6. The van der Waals surface area contributed by atoms with Crippen molar-refractivity contribution < 1.29 is 9.53 Å². The molecule has 0 atom stereocenters. The molecule has 0 aromatic heterocycles. The molecular weight excluding hydrogens is 204 g/mol. The van der Waals surface area contributed by atoms with E-state index < -0.39 is 5.60 Å². The number of carbonyl (C=O) groups is 1. The summed E-state index contributed by atoms with van der Waals surface area (Å²) in [5.74, 6) is 0. The molecule has 4 heteroatoms. The predicted molar refractivity (Wildman–Crippen MR) is 64.4 cm³/mol. The summed E-state index contributed by atoms with van der Waals surface area (Å²) in [6.45, 7) is 7.97. The average molecular weight is 226 g/mol. The molecule has 1 rings (SSSR count). The lowest BCUT2D eigenvalue weighted by Crippen LogP contribution is -2.39. The Hall–Kier alpha value is -1.03. The van der Waals surface area contributed by atoms with Crippen molar-refractivity contribution in [2.24, 2.45) is 0 Å². The van der Waals surface area contributed by atoms with Crippen molar-refractivity contribution in [1.29, 1.82) is 0 Å². The molecule has 1 N–H and O–H groups in total. The number of hydrogen-bond acceptors (Lipinski definition) is 3. The molecule has 0 aliphatic carbocycles. The topological polar surface area (TPSA) is 41.6 Å². The molecule has 0 spiro atoms. The Morgan fingerprint density at radius 1 is 1.56 bits per heavy atom. The fourth-order valence-electron chi connectivity index (χ4n) is 1.59. The Balaban J connectivity index is 2.44. The molecule has 92 valence electrons. The van der Waals surface area contributed by atoms with E-state index in [1.807, 2.05) is 27.8 Å². The molecular formula is C12H22N2O2. The van der Waals surface area contributed by atoms with Crippen LogP contribution < -0.4 is 5.32 Å². The molecule has 0 saturated carbocycles. The van der Waals surface area contributed by atoms with Crippen LogP contribution in [-0.4, -0.2) is 43.3 Å². The van der Waals surface area contributed by atoms with E-state index in [-0.39, 0.29) is 6.09 Å². The van der Waals surface area contributed by atoms with Gasteiger partial charge in [-0.25, -0.2) is 4.79 Å². The number of carbonyl (C=O) groups excluding carboxylic acids is 1. The van der Waals surface area contributed by atoms with E-state index in [2.05, 4.69) is 11.4 Å². The van der Waals surface area contributed by atoms with E-state index in [4.69, 9.17) is 4.74 Å². The first-order valence-corrected chi connectivity index (χ1v) is 5.73. The van der Waals surface area contributed by atoms with Crippen molar-refractivity contribution in [3.05, 3.63) is 11.6 Å². The summed E-state index contributed by atoms with van der Waals surface area (Å²) in [7, 11) is 1.93. The van der Waals surface area contributed by atoms with Crippen LogP contribution in [0.1, 0.15) is 27.2 Å². The van der Waals surface area contributed by atoms with Crippen molar-refractivity contribution in [2.45, 2.75) is 32.8 Å². The zero-order chi connectivity index (χ0) is 12.2. The first-order valence-electron chi connectivity index (χ1n) is 5.73. The van der Waals surface area contributed by atoms with Gasteiger partial charge in [0.1, 0.15) is 5.60 Å². The van der Waals surface area contributed by atoms with Gasteiger partial charge < -0.3 is 15.0 Å². The third kappa shape index (κ3) is 4.23. The van der Waals surface area contributed by atoms with Crippen LogP contribution in [0.2, 0.25) is 0 Å². The lowest BCUT2D eigenvalue weighted by molar-refractivity contribution is 0.0265. The number of rotatable bonds is 2. The fourth-order valence-corrected chi connectivity index (χ4v) is 1.59. The Morgan fingerprint density at radius 3 is 2.69 bits per heavy atom. The zero-order valence-electron chi connectivity index (χ0n) is 10.7. The average Bonchev–Trinajstić information content (AvgIpc) is 2.16. The van der Waals surface area contributed by atoms with E-state index in [0.29, 0.717) is 6.54 Å². The van der Waals surface area contributed by atoms with E-state index in [9.17, 15) is 4.79 Å². The van der Waals surface area contributed by atoms with Crippen LogP contribution in [0, 0.1) is 0 Å². The minimum absolute atomic E-state index is 0.216. The highest BCUT2D eigenvalue weighted by molar-refractivity contribution is 5.68. The summed E-state index contributed by atoms with van der Waals surface area (Å²) in [5, 5.41) is 3.12. The van der Waals surface area contributed by atoms with Gasteiger partial charge in [0.15, 0.2) is 0 Å². The van der Waals surface area contributed by atoms with Crippen LogP contribution in [-0.2, 0) is 4.74 Å². The van der Waals surface area contributed by atoms with Crippen molar-refractivity contribution in [3.63, 3.8) is 0 Å². The largest absolute Gasteiger partial charge is 0.444 e. The molecule has 0 radical (unpaired) electrons. The summed E-state index contributed by atoms with van der Waals surface area (Å²) in [6.07, 6.45) is 2.82. The quantitative estimate of drug-likeness (QED) is 0.730. The van der Waals surface area contributed by atoms with E-state index in [1.165, 1.54) is 5.57 Å². The lowest BCUT2D eigenvalue weighted by Gasteiger charge is -2.29. The maximum absolute atomic E-state index is 11.7. The highest BCUT2D eigenvalue weighted by Gasteiger charge is 2.23. The molecule has 1 heterocycles. The van der Waals surface area contributed by atoms with E-state index >= 15 is 0 Å². The van der Waals surface area contributed by atoms with Gasteiger partial charge in [0.05, 0.1) is 0 Å². The number of nitrogens with one attached hydrogen (secondary N) is 1. The monoisotopic (exact) mass is 226 g/mol.